The van der Waals surface area contributed by atoms with Crippen LogP contribution in [-0.2, 0) is 29.0 Å². The molecule has 1 N–H and O–H groups in total. The van der Waals surface area contributed by atoms with Gasteiger partial charge in [0, 0.05) is 44.5 Å². The van der Waals surface area contributed by atoms with E-state index in [0.29, 0.717) is 62.5 Å². The molecular weight excluding hydrogens is 396 g/mol. The first-order valence-corrected chi connectivity index (χ1v) is 10.7. The number of nitrogens with zero attached hydrogens (tertiary/aromatic N) is 3. The van der Waals surface area contributed by atoms with E-state index >= 15 is 0 Å². The number of hydrogen-bond acceptors (Lipinski definition) is 5. The third-order valence-corrected chi connectivity index (χ3v) is 6.25. The van der Waals surface area contributed by atoms with Crippen LogP contribution in [0.15, 0.2) is 29.1 Å². The molecule has 0 saturated carbocycles. The van der Waals surface area contributed by atoms with Crippen molar-refractivity contribution < 1.29 is 14.3 Å². The lowest BCUT2D eigenvalue weighted by atomic mass is 10.0. The number of aromatic amines is 1. The van der Waals surface area contributed by atoms with Gasteiger partial charge >= 0.3 is 0 Å². The van der Waals surface area contributed by atoms with Crippen molar-refractivity contribution in [2.45, 2.75) is 45.1 Å². The summed E-state index contributed by atoms with van der Waals surface area (Å²) < 4.78 is 5.16. The number of nitrogens with one attached hydrogen (secondary N) is 1. The van der Waals surface area contributed by atoms with Crippen LogP contribution < -0.4 is 10.3 Å². The predicted molar refractivity (Wildman–Crippen MR) is 115 cm³/mol. The van der Waals surface area contributed by atoms with E-state index in [2.05, 4.69) is 4.98 Å². The molecule has 4 rings (SSSR count). The average molecular weight is 425 g/mol. The highest BCUT2D eigenvalue weighted by molar-refractivity contribution is 5.77. The van der Waals surface area contributed by atoms with Crippen molar-refractivity contribution in [1.82, 2.24) is 19.8 Å². The number of fused-ring (bicyclic) bond motifs is 1. The zero-order valence-electron chi connectivity index (χ0n) is 18.0. The zero-order chi connectivity index (χ0) is 22.0. The first-order chi connectivity index (χ1) is 14.9. The zero-order valence-corrected chi connectivity index (χ0v) is 18.0. The number of carbonyl (C=O) groups is 2. The second-order valence-electron chi connectivity index (χ2n) is 8.24. The summed E-state index contributed by atoms with van der Waals surface area (Å²) in [6, 6.07) is 7.75. The van der Waals surface area contributed by atoms with E-state index in [4.69, 9.17) is 9.72 Å². The summed E-state index contributed by atoms with van der Waals surface area (Å²) in [5.41, 5.74) is 2.34. The normalized spacial score (nSPS) is 18.1. The standard InChI is InChI=1S/C23H28N4O4/c1-15(28)26-12-10-19-20(14-26)24-22(25-23(19)30)17-9-11-27(13-17)21(29)8-5-16-3-6-18(31-2)7-4-16/h3-4,6-7,17H,5,8-14H2,1-2H3,(H,24,25,30)/t17-/m1/s1. The molecule has 2 aliphatic heterocycles. The number of carbonyl (C=O) groups excluding carboxylic acids is 2. The molecule has 2 aromatic rings. The third kappa shape index (κ3) is 4.62. The number of likely N-dealkylation sites (tertiary alicyclic amines) is 1. The van der Waals surface area contributed by atoms with Crippen LogP contribution >= 0.6 is 0 Å². The van der Waals surface area contributed by atoms with E-state index in [9.17, 15) is 14.4 Å². The van der Waals surface area contributed by atoms with E-state index in [1.165, 1.54) is 6.92 Å². The minimum Gasteiger partial charge on any atom is -0.497 e. The number of aryl methyl sites for hydroxylation is 1. The van der Waals surface area contributed by atoms with Crippen molar-refractivity contribution in [3.63, 3.8) is 0 Å². The molecule has 2 aliphatic rings. The minimum atomic E-state index is -0.118. The van der Waals surface area contributed by atoms with Crippen molar-refractivity contribution >= 4 is 11.8 Å². The monoisotopic (exact) mass is 424 g/mol. The van der Waals surface area contributed by atoms with Crippen LogP contribution in [0.1, 0.15) is 48.3 Å². The largest absolute Gasteiger partial charge is 0.497 e. The molecule has 8 heteroatoms. The third-order valence-electron chi connectivity index (χ3n) is 6.25. The summed E-state index contributed by atoms with van der Waals surface area (Å²) in [5.74, 6) is 1.54. The highest BCUT2D eigenvalue weighted by atomic mass is 16.5. The fourth-order valence-corrected chi connectivity index (χ4v) is 4.33. The van der Waals surface area contributed by atoms with Gasteiger partial charge in [0.1, 0.15) is 11.6 Å². The van der Waals surface area contributed by atoms with Crippen molar-refractivity contribution in [3.8, 4) is 5.75 Å². The maximum absolute atomic E-state index is 12.7. The van der Waals surface area contributed by atoms with Crippen LogP contribution in [-0.4, -0.2) is 58.3 Å². The van der Waals surface area contributed by atoms with Gasteiger partial charge in [0.25, 0.3) is 5.56 Å². The topological polar surface area (TPSA) is 95.6 Å². The summed E-state index contributed by atoms with van der Waals surface area (Å²) in [7, 11) is 1.63. The molecule has 1 atom stereocenters. The predicted octanol–water partition coefficient (Wildman–Crippen LogP) is 1.63. The van der Waals surface area contributed by atoms with Crippen LogP contribution in [0.25, 0.3) is 0 Å². The Morgan fingerprint density at radius 1 is 1.19 bits per heavy atom. The van der Waals surface area contributed by atoms with Crippen LogP contribution in [0, 0.1) is 0 Å². The van der Waals surface area contributed by atoms with Crippen LogP contribution in [0.3, 0.4) is 0 Å². The molecule has 0 aliphatic carbocycles. The van der Waals surface area contributed by atoms with Crippen LogP contribution in [0.5, 0.6) is 5.75 Å². The summed E-state index contributed by atoms with van der Waals surface area (Å²) >= 11 is 0. The minimum absolute atomic E-state index is 0.00985. The van der Waals surface area contributed by atoms with Crippen LogP contribution in [0.4, 0.5) is 0 Å². The Labute approximate surface area is 181 Å². The summed E-state index contributed by atoms with van der Waals surface area (Å²) in [5, 5.41) is 0. The number of ether oxygens (including phenoxy) is 1. The van der Waals surface area contributed by atoms with Gasteiger partial charge in [-0.05, 0) is 37.0 Å². The molecule has 1 aromatic heterocycles. The molecule has 0 spiro atoms. The van der Waals surface area contributed by atoms with Gasteiger partial charge in [0.05, 0.1) is 19.3 Å². The summed E-state index contributed by atoms with van der Waals surface area (Å²) in [4.78, 5) is 48.2. The van der Waals surface area contributed by atoms with E-state index < -0.39 is 0 Å². The molecule has 164 valence electrons. The maximum atomic E-state index is 12.7. The lowest BCUT2D eigenvalue weighted by Gasteiger charge is -2.27. The fourth-order valence-electron chi connectivity index (χ4n) is 4.33. The van der Waals surface area contributed by atoms with Crippen molar-refractivity contribution in [2.75, 3.05) is 26.7 Å². The number of benzene rings is 1. The second kappa shape index (κ2) is 8.91. The molecule has 0 radical (unpaired) electrons. The fraction of sp³-hybridized carbons (Fsp3) is 0.478. The first kappa shape index (κ1) is 21.1. The van der Waals surface area contributed by atoms with Crippen LogP contribution in [0.2, 0.25) is 0 Å². The van der Waals surface area contributed by atoms with Gasteiger partial charge in [-0.15, -0.1) is 0 Å². The van der Waals surface area contributed by atoms with Gasteiger partial charge < -0.3 is 19.5 Å². The van der Waals surface area contributed by atoms with E-state index in [0.717, 1.165) is 17.7 Å². The Kier molecular flexibility index (Phi) is 6.06. The molecule has 1 saturated heterocycles. The van der Waals surface area contributed by atoms with E-state index in [1.54, 1.807) is 12.0 Å². The summed E-state index contributed by atoms with van der Waals surface area (Å²) in [6.45, 7) is 3.67. The highest BCUT2D eigenvalue weighted by Crippen LogP contribution is 2.26. The Hall–Kier alpha value is -3.16. The van der Waals surface area contributed by atoms with E-state index in [1.807, 2.05) is 29.2 Å². The number of hydrogen-bond donors (Lipinski definition) is 1. The highest BCUT2D eigenvalue weighted by Gasteiger charge is 2.30. The van der Waals surface area contributed by atoms with Gasteiger partial charge in [-0.1, -0.05) is 12.1 Å². The molecule has 1 fully saturated rings. The second-order valence-corrected chi connectivity index (χ2v) is 8.24. The maximum Gasteiger partial charge on any atom is 0.254 e. The van der Waals surface area contributed by atoms with E-state index in [-0.39, 0.29) is 23.3 Å². The molecule has 0 unspecified atom stereocenters. The molecular formula is C23H28N4O4. The molecule has 0 bridgehead atoms. The number of amides is 2. The number of methoxy groups -OCH3 is 1. The number of aromatic nitrogens is 2. The smallest absolute Gasteiger partial charge is 0.254 e. The van der Waals surface area contributed by atoms with Gasteiger partial charge in [-0.3, -0.25) is 14.4 Å². The Bertz CT molecular complexity index is 1030. The molecule has 2 amide bonds. The lowest BCUT2D eigenvalue weighted by Crippen LogP contribution is -2.38. The molecule has 3 heterocycles. The van der Waals surface area contributed by atoms with Gasteiger partial charge in [-0.25, -0.2) is 4.98 Å². The summed E-state index contributed by atoms with van der Waals surface area (Å²) in [6.07, 6.45) is 2.42. The van der Waals surface area contributed by atoms with Crippen molar-refractivity contribution in [3.05, 3.63) is 57.3 Å². The van der Waals surface area contributed by atoms with Gasteiger partial charge in [-0.2, -0.15) is 0 Å². The number of H-pyrrole nitrogens is 1. The number of rotatable bonds is 5. The molecule has 1 aromatic carbocycles. The van der Waals surface area contributed by atoms with Crippen molar-refractivity contribution in [1.29, 1.82) is 0 Å². The Morgan fingerprint density at radius 2 is 1.97 bits per heavy atom. The lowest BCUT2D eigenvalue weighted by molar-refractivity contribution is -0.130. The SMILES string of the molecule is COc1ccc(CCC(=O)N2CC[C@@H](c3nc4c(c(=O)[nH]3)CCN(C(C)=O)C4)C2)cc1. The molecule has 8 nitrogen and oxygen atoms in total. The van der Waals surface area contributed by atoms with Gasteiger partial charge in [0.2, 0.25) is 11.8 Å². The average Bonchev–Trinajstić information content (AvgIpc) is 3.28. The quantitative estimate of drug-likeness (QED) is 0.787. The first-order valence-electron chi connectivity index (χ1n) is 10.7. The Morgan fingerprint density at radius 3 is 2.68 bits per heavy atom. The van der Waals surface area contributed by atoms with Crippen molar-refractivity contribution in [2.24, 2.45) is 0 Å². The Balaban J connectivity index is 1.38. The van der Waals surface area contributed by atoms with Gasteiger partial charge in [0.15, 0.2) is 0 Å². The molecule has 31 heavy (non-hydrogen) atoms.